The molecule has 0 aromatic heterocycles. The average Bonchev–Trinajstić information content (AvgIpc) is 2.26. The summed E-state index contributed by atoms with van der Waals surface area (Å²) in [5.74, 6) is 1.01. The third-order valence-electron chi connectivity index (χ3n) is 1.85. The zero-order valence-corrected chi connectivity index (χ0v) is 8.24. The Kier molecular flexibility index (Phi) is 3.29. The van der Waals surface area contributed by atoms with E-state index in [2.05, 4.69) is 6.58 Å². The van der Waals surface area contributed by atoms with Crippen LogP contribution in [0.25, 0.3) is 0 Å². The largest absolute Gasteiger partial charge is 0.493 e. The van der Waals surface area contributed by atoms with Crippen LogP contribution in [0, 0.1) is 0 Å². The molecule has 0 radical (unpaired) electrons. The average molecular weight is 192 g/mol. The fourth-order valence-electron chi connectivity index (χ4n) is 1.11. The Bertz CT molecular complexity index is 356. The van der Waals surface area contributed by atoms with Crippen LogP contribution in [0.1, 0.15) is 10.4 Å². The van der Waals surface area contributed by atoms with Crippen LogP contribution in [0.15, 0.2) is 30.9 Å². The number of allylic oxidation sites excluding steroid dienone is 1. The van der Waals surface area contributed by atoms with Gasteiger partial charge in [-0.25, -0.2) is 0 Å². The highest BCUT2D eigenvalue weighted by Crippen LogP contribution is 2.27. The minimum atomic E-state index is -0.133. The second-order valence-corrected chi connectivity index (χ2v) is 2.64. The van der Waals surface area contributed by atoms with Crippen molar-refractivity contribution in [3.63, 3.8) is 0 Å². The van der Waals surface area contributed by atoms with Crippen LogP contribution in [0.5, 0.6) is 11.5 Å². The second-order valence-electron chi connectivity index (χ2n) is 2.64. The summed E-state index contributed by atoms with van der Waals surface area (Å²) in [6.07, 6.45) is 1.27. The van der Waals surface area contributed by atoms with Crippen molar-refractivity contribution < 1.29 is 14.3 Å². The summed E-state index contributed by atoms with van der Waals surface area (Å²) < 4.78 is 10.1. The number of hydrogen-bond donors (Lipinski definition) is 0. The smallest absolute Gasteiger partial charge is 0.185 e. The Morgan fingerprint density at radius 3 is 2.43 bits per heavy atom. The normalized spacial score (nSPS) is 9.29. The van der Waals surface area contributed by atoms with Crippen molar-refractivity contribution in [1.29, 1.82) is 0 Å². The van der Waals surface area contributed by atoms with Gasteiger partial charge in [-0.3, -0.25) is 4.79 Å². The van der Waals surface area contributed by atoms with E-state index in [1.165, 1.54) is 13.2 Å². The first kappa shape index (κ1) is 10.3. The number of carbonyl (C=O) groups is 1. The van der Waals surface area contributed by atoms with Crippen molar-refractivity contribution in [2.24, 2.45) is 0 Å². The van der Waals surface area contributed by atoms with Gasteiger partial charge in [0.2, 0.25) is 0 Å². The lowest BCUT2D eigenvalue weighted by Crippen LogP contribution is -1.96. The first-order valence-corrected chi connectivity index (χ1v) is 4.11. The highest BCUT2D eigenvalue weighted by atomic mass is 16.5. The van der Waals surface area contributed by atoms with Gasteiger partial charge in [-0.05, 0) is 24.3 Å². The van der Waals surface area contributed by atoms with Crippen LogP contribution in [0.3, 0.4) is 0 Å². The molecule has 3 nitrogen and oxygen atoms in total. The Morgan fingerprint density at radius 1 is 1.29 bits per heavy atom. The summed E-state index contributed by atoms with van der Waals surface area (Å²) >= 11 is 0. The molecule has 0 atom stereocenters. The van der Waals surface area contributed by atoms with Gasteiger partial charge in [0, 0.05) is 5.56 Å². The molecule has 1 rings (SSSR count). The Balaban J connectivity index is 3.13. The molecule has 0 heterocycles. The van der Waals surface area contributed by atoms with E-state index in [9.17, 15) is 4.79 Å². The van der Waals surface area contributed by atoms with Crippen molar-refractivity contribution >= 4 is 5.78 Å². The molecule has 14 heavy (non-hydrogen) atoms. The Morgan fingerprint density at radius 2 is 1.93 bits per heavy atom. The first-order chi connectivity index (χ1) is 6.72. The van der Waals surface area contributed by atoms with Crippen molar-refractivity contribution in [3.8, 4) is 11.5 Å². The first-order valence-electron chi connectivity index (χ1n) is 4.11. The fraction of sp³-hybridized carbons (Fsp3) is 0.182. The number of hydrogen-bond acceptors (Lipinski definition) is 3. The topological polar surface area (TPSA) is 35.5 Å². The molecule has 1 aromatic carbocycles. The molecule has 0 unspecified atom stereocenters. The van der Waals surface area contributed by atoms with Crippen LogP contribution in [-0.2, 0) is 0 Å². The minimum Gasteiger partial charge on any atom is -0.493 e. The van der Waals surface area contributed by atoms with Gasteiger partial charge >= 0.3 is 0 Å². The molecular formula is C11H12O3. The predicted molar refractivity (Wildman–Crippen MR) is 54.1 cm³/mol. The maximum absolute atomic E-state index is 11.3. The monoisotopic (exact) mass is 192 g/mol. The van der Waals surface area contributed by atoms with Gasteiger partial charge in [-0.1, -0.05) is 6.58 Å². The number of ketones is 1. The third-order valence-corrected chi connectivity index (χ3v) is 1.85. The number of ether oxygens (including phenoxy) is 2. The summed E-state index contributed by atoms with van der Waals surface area (Å²) in [6.45, 7) is 3.41. The van der Waals surface area contributed by atoms with E-state index in [-0.39, 0.29) is 5.78 Å². The van der Waals surface area contributed by atoms with Crippen molar-refractivity contribution in [1.82, 2.24) is 0 Å². The molecule has 0 bridgehead atoms. The molecule has 1 aromatic rings. The van der Waals surface area contributed by atoms with Crippen LogP contribution in [0.4, 0.5) is 0 Å². The van der Waals surface area contributed by atoms with Crippen LogP contribution in [0.2, 0.25) is 0 Å². The SMILES string of the molecule is C=CC(=O)c1ccc(OC)c(OC)c1. The molecule has 0 N–H and O–H groups in total. The van der Waals surface area contributed by atoms with E-state index in [0.717, 1.165) is 0 Å². The molecule has 3 heteroatoms. The molecule has 0 fully saturated rings. The number of benzene rings is 1. The lowest BCUT2D eigenvalue weighted by Gasteiger charge is -2.07. The molecule has 0 aliphatic heterocycles. The fourth-order valence-corrected chi connectivity index (χ4v) is 1.11. The summed E-state index contributed by atoms with van der Waals surface area (Å²) in [7, 11) is 3.08. The summed E-state index contributed by atoms with van der Waals surface area (Å²) in [5.41, 5.74) is 0.539. The third kappa shape index (κ3) is 1.93. The molecule has 0 aliphatic carbocycles. The number of rotatable bonds is 4. The van der Waals surface area contributed by atoms with E-state index < -0.39 is 0 Å². The second kappa shape index (κ2) is 4.46. The van der Waals surface area contributed by atoms with Gasteiger partial charge in [-0.2, -0.15) is 0 Å². The molecule has 0 saturated heterocycles. The van der Waals surface area contributed by atoms with Gasteiger partial charge in [0.15, 0.2) is 17.3 Å². The van der Waals surface area contributed by atoms with E-state index >= 15 is 0 Å². The molecule has 0 spiro atoms. The summed E-state index contributed by atoms with van der Waals surface area (Å²) in [6, 6.07) is 4.99. The van der Waals surface area contributed by atoms with Crippen LogP contribution < -0.4 is 9.47 Å². The lowest BCUT2D eigenvalue weighted by atomic mass is 10.1. The molecule has 0 amide bonds. The Labute approximate surface area is 83.0 Å². The van der Waals surface area contributed by atoms with E-state index in [1.807, 2.05) is 0 Å². The van der Waals surface area contributed by atoms with Crippen LogP contribution in [-0.4, -0.2) is 20.0 Å². The summed E-state index contributed by atoms with van der Waals surface area (Å²) in [5, 5.41) is 0. The highest BCUT2D eigenvalue weighted by Gasteiger charge is 2.07. The van der Waals surface area contributed by atoms with Gasteiger partial charge in [-0.15, -0.1) is 0 Å². The van der Waals surface area contributed by atoms with Gasteiger partial charge in [0.05, 0.1) is 14.2 Å². The highest BCUT2D eigenvalue weighted by molar-refractivity contribution is 6.04. The predicted octanol–water partition coefficient (Wildman–Crippen LogP) is 2.07. The zero-order valence-electron chi connectivity index (χ0n) is 8.24. The molecular weight excluding hydrogens is 180 g/mol. The maximum Gasteiger partial charge on any atom is 0.185 e. The van der Waals surface area contributed by atoms with E-state index in [0.29, 0.717) is 17.1 Å². The lowest BCUT2D eigenvalue weighted by molar-refractivity contribution is 0.104. The van der Waals surface area contributed by atoms with Gasteiger partial charge in [0.25, 0.3) is 0 Å². The van der Waals surface area contributed by atoms with Gasteiger partial charge in [0.1, 0.15) is 0 Å². The van der Waals surface area contributed by atoms with E-state index in [1.54, 1.807) is 25.3 Å². The number of methoxy groups -OCH3 is 2. The van der Waals surface area contributed by atoms with E-state index in [4.69, 9.17) is 9.47 Å². The minimum absolute atomic E-state index is 0.133. The molecule has 0 aliphatic rings. The molecule has 0 saturated carbocycles. The quantitative estimate of drug-likeness (QED) is 0.541. The van der Waals surface area contributed by atoms with Gasteiger partial charge < -0.3 is 9.47 Å². The Hall–Kier alpha value is -1.77. The van der Waals surface area contributed by atoms with Crippen LogP contribution >= 0.6 is 0 Å². The van der Waals surface area contributed by atoms with Crippen molar-refractivity contribution in [3.05, 3.63) is 36.4 Å². The van der Waals surface area contributed by atoms with Crippen molar-refractivity contribution in [2.45, 2.75) is 0 Å². The maximum atomic E-state index is 11.3. The standard InChI is InChI=1S/C11H12O3/c1-4-9(12)8-5-6-10(13-2)11(7-8)14-3/h4-7H,1H2,2-3H3. The summed E-state index contributed by atoms with van der Waals surface area (Å²) in [4.78, 5) is 11.3. The molecule has 74 valence electrons. The van der Waals surface area contributed by atoms with Crippen molar-refractivity contribution in [2.75, 3.05) is 14.2 Å². The number of carbonyl (C=O) groups excluding carboxylic acids is 1. The zero-order chi connectivity index (χ0) is 10.6.